The van der Waals surface area contributed by atoms with E-state index in [0.29, 0.717) is 6.04 Å². The van der Waals surface area contributed by atoms with Gasteiger partial charge in [0.2, 0.25) is 0 Å². The minimum absolute atomic E-state index is 0.660. The van der Waals surface area contributed by atoms with Gasteiger partial charge in [0, 0.05) is 19.1 Å². The van der Waals surface area contributed by atoms with E-state index in [-0.39, 0.29) is 0 Å². The van der Waals surface area contributed by atoms with Crippen LogP contribution in [-0.2, 0) is 6.54 Å². The van der Waals surface area contributed by atoms with Crippen molar-refractivity contribution < 1.29 is 0 Å². The maximum atomic E-state index is 3.57. The zero-order valence-corrected chi connectivity index (χ0v) is 10.1. The number of nitrogens with one attached hydrogen (secondary N) is 2. The van der Waals surface area contributed by atoms with Crippen molar-refractivity contribution in [2.75, 3.05) is 13.1 Å². The topological polar surface area (TPSA) is 24.1 Å². The normalized spacial score (nSPS) is 25.6. The first-order valence-electron chi connectivity index (χ1n) is 6.32. The summed E-state index contributed by atoms with van der Waals surface area (Å²) in [6, 6.07) is 11.3. The molecule has 1 fully saturated rings. The minimum Gasteiger partial charge on any atom is -0.313 e. The van der Waals surface area contributed by atoms with E-state index >= 15 is 0 Å². The van der Waals surface area contributed by atoms with Gasteiger partial charge in [0.25, 0.3) is 0 Å². The van der Waals surface area contributed by atoms with Crippen molar-refractivity contribution in [3.05, 3.63) is 35.9 Å². The molecule has 0 bridgehead atoms. The highest BCUT2D eigenvalue weighted by Gasteiger charge is 2.17. The second kappa shape index (κ2) is 6.02. The molecule has 2 nitrogen and oxygen atoms in total. The summed E-state index contributed by atoms with van der Waals surface area (Å²) < 4.78 is 0. The molecule has 1 aromatic carbocycles. The van der Waals surface area contributed by atoms with Gasteiger partial charge in [0.1, 0.15) is 0 Å². The third-order valence-electron chi connectivity index (χ3n) is 3.32. The van der Waals surface area contributed by atoms with Crippen LogP contribution in [0.5, 0.6) is 0 Å². The van der Waals surface area contributed by atoms with E-state index < -0.39 is 0 Å². The Bertz CT molecular complexity index is 297. The van der Waals surface area contributed by atoms with E-state index in [1.165, 1.54) is 24.9 Å². The zero-order chi connectivity index (χ0) is 11.2. The second-order valence-corrected chi connectivity index (χ2v) is 4.90. The first kappa shape index (κ1) is 11.6. The average molecular weight is 218 g/mol. The Hall–Kier alpha value is -0.860. The Kier molecular flexibility index (Phi) is 4.37. The monoisotopic (exact) mass is 218 g/mol. The van der Waals surface area contributed by atoms with Crippen molar-refractivity contribution >= 4 is 0 Å². The van der Waals surface area contributed by atoms with Crippen LogP contribution in [-0.4, -0.2) is 19.1 Å². The van der Waals surface area contributed by atoms with Crippen molar-refractivity contribution in [2.45, 2.75) is 32.4 Å². The lowest BCUT2D eigenvalue weighted by atomic mass is 9.94. The highest BCUT2D eigenvalue weighted by molar-refractivity contribution is 5.14. The van der Waals surface area contributed by atoms with E-state index in [4.69, 9.17) is 0 Å². The summed E-state index contributed by atoms with van der Waals surface area (Å²) in [5, 5.41) is 7.10. The molecule has 0 amide bonds. The molecule has 2 heteroatoms. The molecule has 2 atom stereocenters. The van der Waals surface area contributed by atoms with Crippen molar-refractivity contribution in [1.82, 2.24) is 10.6 Å². The van der Waals surface area contributed by atoms with Crippen LogP contribution in [0.15, 0.2) is 30.3 Å². The Morgan fingerprint density at radius 1 is 1.31 bits per heavy atom. The van der Waals surface area contributed by atoms with E-state index in [1.54, 1.807) is 0 Å². The third-order valence-corrected chi connectivity index (χ3v) is 3.32. The lowest BCUT2D eigenvalue weighted by molar-refractivity contribution is 0.311. The van der Waals surface area contributed by atoms with Crippen LogP contribution in [0.25, 0.3) is 0 Å². The number of hydrogen-bond acceptors (Lipinski definition) is 2. The van der Waals surface area contributed by atoms with Gasteiger partial charge in [-0.1, -0.05) is 37.3 Å². The summed E-state index contributed by atoms with van der Waals surface area (Å²) >= 11 is 0. The van der Waals surface area contributed by atoms with Gasteiger partial charge in [-0.2, -0.15) is 0 Å². The number of rotatable bonds is 4. The summed E-state index contributed by atoms with van der Waals surface area (Å²) in [4.78, 5) is 0. The molecule has 0 aliphatic carbocycles. The van der Waals surface area contributed by atoms with Crippen molar-refractivity contribution in [3.8, 4) is 0 Å². The molecule has 1 aliphatic rings. The Labute approximate surface area is 98.4 Å². The molecule has 16 heavy (non-hydrogen) atoms. The first-order valence-corrected chi connectivity index (χ1v) is 6.32. The summed E-state index contributed by atoms with van der Waals surface area (Å²) in [5.41, 5.74) is 1.37. The quantitative estimate of drug-likeness (QED) is 0.809. The van der Waals surface area contributed by atoms with Gasteiger partial charge >= 0.3 is 0 Å². The lowest BCUT2D eigenvalue weighted by Crippen LogP contribution is -2.43. The molecule has 2 N–H and O–H groups in total. The molecule has 1 aliphatic heterocycles. The van der Waals surface area contributed by atoms with Gasteiger partial charge in [-0.15, -0.1) is 0 Å². The molecule has 1 aromatic rings. The summed E-state index contributed by atoms with van der Waals surface area (Å²) in [6.45, 7) is 5.59. The molecule has 0 aromatic heterocycles. The van der Waals surface area contributed by atoms with Crippen molar-refractivity contribution in [3.63, 3.8) is 0 Å². The van der Waals surface area contributed by atoms with E-state index in [1.807, 2.05) is 0 Å². The molecule has 2 unspecified atom stereocenters. The van der Waals surface area contributed by atoms with Gasteiger partial charge in [-0.3, -0.25) is 0 Å². The van der Waals surface area contributed by atoms with Crippen LogP contribution in [0.1, 0.15) is 25.3 Å². The summed E-state index contributed by atoms with van der Waals surface area (Å²) in [5.74, 6) is 0.879. The van der Waals surface area contributed by atoms with Gasteiger partial charge in [0.15, 0.2) is 0 Å². The predicted molar refractivity (Wildman–Crippen MR) is 68.3 cm³/mol. The molecule has 0 spiro atoms. The van der Waals surface area contributed by atoms with Crippen molar-refractivity contribution in [1.29, 1.82) is 0 Å². The van der Waals surface area contributed by atoms with Gasteiger partial charge in [-0.25, -0.2) is 0 Å². The molecule has 0 radical (unpaired) electrons. The number of piperidine rings is 1. The van der Waals surface area contributed by atoms with Crippen LogP contribution < -0.4 is 10.6 Å². The fourth-order valence-electron chi connectivity index (χ4n) is 2.36. The zero-order valence-electron chi connectivity index (χ0n) is 10.1. The van der Waals surface area contributed by atoms with Crippen LogP contribution in [0.4, 0.5) is 0 Å². The molecule has 2 rings (SSSR count). The third kappa shape index (κ3) is 3.62. The minimum atomic E-state index is 0.660. The van der Waals surface area contributed by atoms with E-state index in [9.17, 15) is 0 Å². The van der Waals surface area contributed by atoms with Crippen LogP contribution >= 0.6 is 0 Å². The Morgan fingerprint density at radius 2 is 2.12 bits per heavy atom. The van der Waals surface area contributed by atoms with Gasteiger partial charge in [0.05, 0.1) is 0 Å². The second-order valence-electron chi connectivity index (χ2n) is 4.90. The molecular formula is C14H22N2. The average Bonchev–Trinajstić information content (AvgIpc) is 2.30. The van der Waals surface area contributed by atoms with Crippen molar-refractivity contribution in [2.24, 2.45) is 5.92 Å². The summed E-state index contributed by atoms with van der Waals surface area (Å²) in [7, 11) is 0. The van der Waals surface area contributed by atoms with Gasteiger partial charge in [-0.05, 0) is 30.9 Å². The van der Waals surface area contributed by atoms with E-state index in [0.717, 1.165) is 19.0 Å². The van der Waals surface area contributed by atoms with Crippen LogP contribution in [0.2, 0.25) is 0 Å². The Morgan fingerprint density at radius 3 is 2.88 bits per heavy atom. The first-order chi connectivity index (χ1) is 7.84. The fourth-order valence-corrected chi connectivity index (χ4v) is 2.36. The number of benzene rings is 1. The molecule has 88 valence electrons. The Balaban J connectivity index is 1.68. The maximum Gasteiger partial charge on any atom is 0.0206 e. The molecular weight excluding hydrogens is 196 g/mol. The molecule has 0 saturated carbocycles. The smallest absolute Gasteiger partial charge is 0.0206 e. The van der Waals surface area contributed by atoms with Crippen LogP contribution in [0.3, 0.4) is 0 Å². The standard InChI is InChI=1S/C14H22N2/c1-12-7-8-16-14(9-12)11-15-10-13-5-3-2-4-6-13/h2-6,12,14-16H,7-11H2,1H3. The molecule has 1 heterocycles. The van der Waals surface area contributed by atoms with E-state index in [2.05, 4.69) is 47.9 Å². The van der Waals surface area contributed by atoms with Crippen LogP contribution in [0, 0.1) is 5.92 Å². The summed E-state index contributed by atoms with van der Waals surface area (Å²) in [6.07, 6.45) is 2.64. The molecule has 1 saturated heterocycles. The van der Waals surface area contributed by atoms with Gasteiger partial charge < -0.3 is 10.6 Å². The highest BCUT2D eigenvalue weighted by atomic mass is 15.0. The lowest BCUT2D eigenvalue weighted by Gasteiger charge is -2.28. The largest absolute Gasteiger partial charge is 0.313 e. The predicted octanol–water partition coefficient (Wildman–Crippen LogP) is 2.16. The number of hydrogen-bond donors (Lipinski definition) is 2. The SMILES string of the molecule is CC1CCNC(CNCc2ccccc2)C1. The highest BCUT2D eigenvalue weighted by Crippen LogP contribution is 2.14. The maximum absolute atomic E-state index is 3.57. The fraction of sp³-hybridized carbons (Fsp3) is 0.571.